The number of amides is 2. The van der Waals surface area contributed by atoms with E-state index in [1.54, 1.807) is 7.11 Å². The molecule has 2 fully saturated rings. The van der Waals surface area contributed by atoms with E-state index in [2.05, 4.69) is 12.2 Å². The highest BCUT2D eigenvalue weighted by molar-refractivity contribution is 5.92. The average Bonchev–Trinajstić information content (AvgIpc) is 3.43. The lowest BCUT2D eigenvalue weighted by atomic mass is 9.99. The molecule has 1 aliphatic carbocycles. The molecule has 0 spiro atoms. The van der Waals surface area contributed by atoms with Gasteiger partial charge in [0.2, 0.25) is 11.8 Å². The molecule has 1 N–H and O–H groups in total. The third-order valence-corrected chi connectivity index (χ3v) is 5.41. The van der Waals surface area contributed by atoms with Gasteiger partial charge in [-0.2, -0.15) is 0 Å². The van der Waals surface area contributed by atoms with E-state index < -0.39 is 0 Å². The maximum Gasteiger partial charge on any atom is 0.226 e. The summed E-state index contributed by atoms with van der Waals surface area (Å²) in [5, 5.41) is 2.98. The second kappa shape index (κ2) is 7.89. The molecule has 25 heavy (non-hydrogen) atoms. The Labute approximate surface area is 149 Å². The van der Waals surface area contributed by atoms with Crippen molar-refractivity contribution in [3.05, 3.63) is 29.8 Å². The number of nitrogens with zero attached hydrogens (tertiary/aromatic N) is 1. The lowest BCUT2D eigenvalue weighted by Crippen LogP contribution is -2.39. The number of carbonyl (C=O) groups is 2. The second-order valence-electron chi connectivity index (χ2n) is 7.35. The number of likely N-dealkylation sites (tertiary alicyclic amines) is 1. The number of carbonyl (C=O) groups excluding carboxylic acids is 2. The van der Waals surface area contributed by atoms with Crippen molar-refractivity contribution in [3.63, 3.8) is 0 Å². The fourth-order valence-corrected chi connectivity index (χ4v) is 3.47. The number of methoxy groups -OCH3 is 1. The number of hydrogen-bond acceptors (Lipinski definition) is 3. The zero-order valence-corrected chi connectivity index (χ0v) is 15.2. The van der Waals surface area contributed by atoms with Crippen LogP contribution in [-0.4, -0.2) is 43.5 Å². The Morgan fingerprint density at radius 3 is 2.48 bits per heavy atom. The monoisotopic (exact) mass is 344 g/mol. The quantitative estimate of drug-likeness (QED) is 0.861. The SMILES string of the molecule is COc1ccc(CCNC(=O)C2CC2C(=O)N2CCC(C)CC2)cc1. The highest BCUT2D eigenvalue weighted by Crippen LogP contribution is 2.40. The molecule has 1 aromatic carbocycles. The summed E-state index contributed by atoms with van der Waals surface area (Å²) in [6.07, 6.45) is 3.65. The first kappa shape index (κ1) is 17.8. The maximum atomic E-state index is 12.5. The third-order valence-electron chi connectivity index (χ3n) is 5.41. The molecule has 1 saturated carbocycles. The molecule has 5 heteroatoms. The first-order valence-electron chi connectivity index (χ1n) is 9.28. The molecule has 0 aromatic heterocycles. The maximum absolute atomic E-state index is 12.5. The van der Waals surface area contributed by atoms with E-state index >= 15 is 0 Å². The molecule has 3 rings (SSSR count). The van der Waals surface area contributed by atoms with Crippen molar-refractivity contribution >= 4 is 11.8 Å². The van der Waals surface area contributed by atoms with E-state index in [1.165, 1.54) is 0 Å². The fourth-order valence-electron chi connectivity index (χ4n) is 3.47. The second-order valence-corrected chi connectivity index (χ2v) is 7.35. The van der Waals surface area contributed by atoms with Crippen molar-refractivity contribution in [1.29, 1.82) is 0 Å². The molecule has 2 unspecified atom stereocenters. The summed E-state index contributed by atoms with van der Waals surface area (Å²) >= 11 is 0. The van der Waals surface area contributed by atoms with E-state index in [0.29, 0.717) is 18.9 Å². The summed E-state index contributed by atoms with van der Waals surface area (Å²) in [5.41, 5.74) is 1.16. The van der Waals surface area contributed by atoms with E-state index in [4.69, 9.17) is 4.74 Å². The zero-order valence-electron chi connectivity index (χ0n) is 15.2. The Bertz CT molecular complexity index is 606. The number of benzene rings is 1. The van der Waals surface area contributed by atoms with Crippen molar-refractivity contribution in [2.24, 2.45) is 17.8 Å². The standard InChI is InChI=1S/C20H28N2O3/c1-14-8-11-22(12-9-14)20(24)18-13-17(18)19(23)21-10-7-15-3-5-16(25-2)6-4-15/h3-6,14,17-18H,7-13H2,1-2H3,(H,21,23). The normalized spacial score (nSPS) is 23.2. The molecule has 0 bridgehead atoms. The number of hydrogen-bond donors (Lipinski definition) is 1. The Morgan fingerprint density at radius 2 is 1.84 bits per heavy atom. The summed E-state index contributed by atoms with van der Waals surface area (Å²) in [6, 6.07) is 7.86. The molecule has 5 nitrogen and oxygen atoms in total. The highest BCUT2D eigenvalue weighted by atomic mass is 16.5. The van der Waals surface area contributed by atoms with Crippen LogP contribution in [0.1, 0.15) is 31.7 Å². The number of ether oxygens (including phenoxy) is 1. The summed E-state index contributed by atoms with van der Waals surface area (Å²) in [7, 11) is 1.65. The van der Waals surface area contributed by atoms with Crippen molar-refractivity contribution in [2.75, 3.05) is 26.7 Å². The van der Waals surface area contributed by atoms with Gasteiger partial charge >= 0.3 is 0 Å². The molecule has 1 saturated heterocycles. The van der Waals surface area contributed by atoms with Crippen LogP contribution in [0.3, 0.4) is 0 Å². The van der Waals surface area contributed by atoms with Crippen LogP contribution in [0, 0.1) is 17.8 Å². The zero-order chi connectivity index (χ0) is 17.8. The lowest BCUT2D eigenvalue weighted by Gasteiger charge is -2.30. The molecule has 2 atom stereocenters. The number of nitrogens with one attached hydrogen (secondary N) is 1. The topological polar surface area (TPSA) is 58.6 Å². The van der Waals surface area contributed by atoms with Crippen LogP contribution >= 0.6 is 0 Å². The lowest BCUT2D eigenvalue weighted by molar-refractivity contribution is -0.135. The van der Waals surface area contributed by atoms with Gasteiger partial charge in [-0.15, -0.1) is 0 Å². The van der Waals surface area contributed by atoms with Crippen LogP contribution in [0.5, 0.6) is 5.75 Å². The molecular weight excluding hydrogens is 316 g/mol. The summed E-state index contributed by atoms with van der Waals surface area (Å²) in [5.74, 6) is 1.54. The van der Waals surface area contributed by atoms with Crippen LogP contribution in [0.15, 0.2) is 24.3 Å². The largest absolute Gasteiger partial charge is 0.497 e. The highest BCUT2D eigenvalue weighted by Gasteiger charge is 2.49. The Hall–Kier alpha value is -2.04. The van der Waals surface area contributed by atoms with Crippen LogP contribution < -0.4 is 10.1 Å². The summed E-state index contributed by atoms with van der Waals surface area (Å²) in [6.45, 7) is 4.53. The smallest absolute Gasteiger partial charge is 0.226 e. The van der Waals surface area contributed by atoms with Gasteiger partial charge in [-0.25, -0.2) is 0 Å². The van der Waals surface area contributed by atoms with Gasteiger partial charge < -0.3 is 15.0 Å². The minimum Gasteiger partial charge on any atom is -0.497 e. The number of rotatable bonds is 6. The predicted molar refractivity (Wildman–Crippen MR) is 96.3 cm³/mol. The van der Waals surface area contributed by atoms with Crippen LogP contribution in [0.4, 0.5) is 0 Å². The molecule has 1 aromatic rings. The molecule has 1 aliphatic heterocycles. The van der Waals surface area contributed by atoms with Crippen LogP contribution in [0.25, 0.3) is 0 Å². The summed E-state index contributed by atoms with van der Waals surface area (Å²) in [4.78, 5) is 26.7. The van der Waals surface area contributed by atoms with Gasteiger partial charge in [0, 0.05) is 19.6 Å². The third kappa shape index (κ3) is 4.53. The van der Waals surface area contributed by atoms with Crippen molar-refractivity contribution in [3.8, 4) is 5.75 Å². The summed E-state index contributed by atoms with van der Waals surface area (Å²) < 4.78 is 5.14. The molecule has 2 amide bonds. The van der Waals surface area contributed by atoms with Crippen molar-refractivity contribution in [1.82, 2.24) is 10.2 Å². The Kier molecular flexibility index (Phi) is 5.61. The first-order valence-corrected chi connectivity index (χ1v) is 9.28. The van der Waals surface area contributed by atoms with Gasteiger partial charge in [-0.3, -0.25) is 9.59 Å². The van der Waals surface area contributed by atoms with Crippen LogP contribution in [-0.2, 0) is 16.0 Å². The first-order chi connectivity index (χ1) is 12.1. The van der Waals surface area contributed by atoms with E-state index in [0.717, 1.165) is 43.7 Å². The predicted octanol–water partition coefficient (Wildman–Crippen LogP) is 2.25. The van der Waals surface area contributed by atoms with Gasteiger partial charge in [0.15, 0.2) is 0 Å². The van der Waals surface area contributed by atoms with Gasteiger partial charge in [-0.05, 0) is 49.3 Å². The molecular formula is C20H28N2O3. The van der Waals surface area contributed by atoms with Crippen molar-refractivity contribution in [2.45, 2.75) is 32.6 Å². The van der Waals surface area contributed by atoms with E-state index in [-0.39, 0.29) is 23.7 Å². The van der Waals surface area contributed by atoms with Crippen molar-refractivity contribution < 1.29 is 14.3 Å². The Balaban J connectivity index is 1.38. The molecule has 1 heterocycles. The number of piperidine rings is 1. The van der Waals surface area contributed by atoms with E-state index in [9.17, 15) is 9.59 Å². The minimum atomic E-state index is -0.122. The van der Waals surface area contributed by atoms with Gasteiger partial charge in [-0.1, -0.05) is 19.1 Å². The Morgan fingerprint density at radius 1 is 1.16 bits per heavy atom. The molecule has 136 valence electrons. The van der Waals surface area contributed by atoms with Gasteiger partial charge in [0.1, 0.15) is 5.75 Å². The van der Waals surface area contributed by atoms with Gasteiger partial charge in [0.25, 0.3) is 0 Å². The average molecular weight is 344 g/mol. The van der Waals surface area contributed by atoms with Crippen LogP contribution in [0.2, 0.25) is 0 Å². The van der Waals surface area contributed by atoms with E-state index in [1.807, 2.05) is 29.2 Å². The van der Waals surface area contributed by atoms with Gasteiger partial charge in [0.05, 0.1) is 18.9 Å². The molecule has 0 radical (unpaired) electrons. The minimum absolute atomic E-state index is 0.0252. The fraction of sp³-hybridized carbons (Fsp3) is 0.600. The molecule has 2 aliphatic rings.